The summed E-state index contributed by atoms with van der Waals surface area (Å²) in [7, 11) is 5.65. The highest BCUT2D eigenvalue weighted by atomic mass is 16.5. The monoisotopic (exact) mass is 336 g/mol. The zero-order valence-electron chi connectivity index (χ0n) is 14.8. The molecule has 6 nitrogen and oxygen atoms in total. The van der Waals surface area contributed by atoms with Gasteiger partial charge in [-0.25, -0.2) is 0 Å². The number of rotatable bonds is 8. The zero-order chi connectivity index (χ0) is 17.5. The van der Waals surface area contributed by atoms with E-state index in [0.29, 0.717) is 13.2 Å². The van der Waals surface area contributed by atoms with Gasteiger partial charge in [0, 0.05) is 19.6 Å². The molecule has 0 saturated carbocycles. The van der Waals surface area contributed by atoms with Gasteiger partial charge in [-0.2, -0.15) is 0 Å². The molecule has 0 aliphatic carbocycles. The average molecular weight is 336 g/mol. The van der Waals surface area contributed by atoms with Gasteiger partial charge in [-0.1, -0.05) is 6.07 Å². The van der Waals surface area contributed by atoms with E-state index in [4.69, 9.17) is 9.47 Å². The van der Waals surface area contributed by atoms with Crippen molar-refractivity contribution >= 4 is 5.97 Å². The van der Waals surface area contributed by atoms with Crippen LogP contribution in [-0.4, -0.2) is 68.3 Å². The molecule has 1 aromatic rings. The molecule has 1 fully saturated rings. The summed E-state index contributed by atoms with van der Waals surface area (Å²) in [4.78, 5) is 15.4. The van der Waals surface area contributed by atoms with Crippen molar-refractivity contribution < 1.29 is 19.4 Å². The van der Waals surface area contributed by atoms with Crippen LogP contribution in [0.3, 0.4) is 0 Å². The van der Waals surface area contributed by atoms with Crippen LogP contribution in [0, 0.1) is 5.92 Å². The molecule has 6 heteroatoms. The number of likely N-dealkylation sites (tertiary alicyclic amines) is 1. The van der Waals surface area contributed by atoms with Crippen LogP contribution in [0.2, 0.25) is 0 Å². The summed E-state index contributed by atoms with van der Waals surface area (Å²) >= 11 is 0. The van der Waals surface area contributed by atoms with Gasteiger partial charge in [0.25, 0.3) is 0 Å². The third-order valence-electron chi connectivity index (χ3n) is 4.29. The number of hydrogen-bond acceptors (Lipinski definition) is 5. The number of ether oxygens (including phenoxy) is 2. The van der Waals surface area contributed by atoms with Crippen LogP contribution in [0.15, 0.2) is 18.2 Å². The van der Waals surface area contributed by atoms with E-state index in [2.05, 4.69) is 9.80 Å². The van der Waals surface area contributed by atoms with Crippen LogP contribution >= 0.6 is 0 Å². The number of benzene rings is 1. The zero-order valence-corrected chi connectivity index (χ0v) is 14.8. The molecule has 1 unspecified atom stereocenters. The Bertz CT molecular complexity index is 548. The van der Waals surface area contributed by atoms with Crippen LogP contribution in [0.5, 0.6) is 11.5 Å². The molecule has 134 valence electrons. The van der Waals surface area contributed by atoms with Crippen molar-refractivity contribution in [3.05, 3.63) is 23.8 Å². The topological polar surface area (TPSA) is 62.2 Å². The molecule has 1 aromatic carbocycles. The first kappa shape index (κ1) is 18.5. The predicted molar refractivity (Wildman–Crippen MR) is 92.7 cm³/mol. The van der Waals surface area contributed by atoms with Crippen molar-refractivity contribution in [2.24, 2.45) is 5.92 Å². The SMILES string of the molecule is COc1cc(CN2CCCC(C(=O)O)C2)ccc1OCCN(C)C. The molecular weight excluding hydrogens is 308 g/mol. The van der Waals surface area contributed by atoms with Crippen LogP contribution < -0.4 is 9.47 Å². The summed E-state index contributed by atoms with van der Waals surface area (Å²) in [5.41, 5.74) is 1.11. The maximum atomic E-state index is 11.2. The fourth-order valence-corrected chi connectivity index (χ4v) is 2.93. The van der Waals surface area contributed by atoms with E-state index in [-0.39, 0.29) is 5.92 Å². The number of aliphatic carboxylic acids is 1. The lowest BCUT2D eigenvalue weighted by Crippen LogP contribution is -2.38. The Morgan fingerprint density at radius 1 is 1.38 bits per heavy atom. The quantitative estimate of drug-likeness (QED) is 0.783. The van der Waals surface area contributed by atoms with E-state index in [1.165, 1.54) is 0 Å². The van der Waals surface area contributed by atoms with Crippen LogP contribution in [0.1, 0.15) is 18.4 Å². The number of carboxylic acid groups (broad SMARTS) is 1. The minimum absolute atomic E-state index is 0.255. The van der Waals surface area contributed by atoms with Crippen molar-refractivity contribution in [2.75, 3.05) is 47.4 Å². The highest BCUT2D eigenvalue weighted by Gasteiger charge is 2.25. The average Bonchev–Trinajstić information content (AvgIpc) is 2.56. The lowest BCUT2D eigenvalue weighted by molar-refractivity contribution is -0.143. The first-order valence-electron chi connectivity index (χ1n) is 8.39. The standard InChI is InChI=1S/C18H28N2O4/c1-19(2)9-10-24-16-7-6-14(11-17(16)23-3)12-20-8-4-5-15(13-20)18(21)22/h6-7,11,15H,4-5,8-10,12-13H2,1-3H3,(H,21,22). The van der Waals surface area contributed by atoms with Gasteiger partial charge in [0.15, 0.2) is 11.5 Å². The maximum Gasteiger partial charge on any atom is 0.307 e. The van der Waals surface area contributed by atoms with Crippen molar-refractivity contribution in [1.82, 2.24) is 9.80 Å². The highest BCUT2D eigenvalue weighted by molar-refractivity contribution is 5.70. The van der Waals surface area contributed by atoms with E-state index in [0.717, 1.165) is 49.5 Å². The molecule has 1 N–H and O–H groups in total. The number of likely N-dealkylation sites (N-methyl/N-ethyl adjacent to an activating group) is 1. The van der Waals surface area contributed by atoms with E-state index in [1.54, 1.807) is 7.11 Å². The minimum Gasteiger partial charge on any atom is -0.493 e. The van der Waals surface area contributed by atoms with Crippen molar-refractivity contribution in [1.29, 1.82) is 0 Å². The van der Waals surface area contributed by atoms with Gasteiger partial charge in [0.2, 0.25) is 0 Å². The molecule has 1 aliphatic rings. The normalized spacial score (nSPS) is 18.6. The lowest BCUT2D eigenvalue weighted by atomic mass is 9.98. The van der Waals surface area contributed by atoms with Gasteiger partial charge in [-0.3, -0.25) is 9.69 Å². The summed E-state index contributed by atoms with van der Waals surface area (Å²) in [6.07, 6.45) is 1.70. The van der Waals surface area contributed by atoms with Crippen molar-refractivity contribution in [3.8, 4) is 11.5 Å². The molecule has 0 aromatic heterocycles. The third-order valence-corrected chi connectivity index (χ3v) is 4.29. The Kier molecular flexibility index (Phi) is 6.87. The number of methoxy groups -OCH3 is 1. The second-order valence-electron chi connectivity index (χ2n) is 6.55. The fourth-order valence-electron chi connectivity index (χ4n) is 2.93. The largest absolute Gasteiger partial charge is 0.493 e. The molecule has 0 bridgehead atoms. The van der Waals surface area contributed by atoms with Gasteiger partial charge < -0.3 is 19.5 Å². The summed E-state index contributed by atoms with van der Waals surface area (Å²) in [5.74, 6) is 0.513. The molecule has 1 saturated heterocycles. The summed E-state index contributed by atoms with van der Waals surface area (Å²) < 4.78 is 11.2. The van der Waals surface area contributed by atoms with Gasteiger partial charge in [-0.15, -0.1) is 0 Å². The summed E-state index contributed by atoms with van der Waals surface area (Å²) in [6, 6.07) is 5.94. The van der Waals surface area contributed by atoms with E-state index in [1.807, 2.05) is 32.3 Å². The Morgan fingerprint density at radius 3 is 2.83 bits per heavy atom. The second kappa shape index (κ2) is 8.89. The molecule has 1 atom stereocenters. The highest BCUT2D eigenvalue weighted by Crippen LogP contribution is 2.29. The van der Waals surface area contributed by atoms with Crippen molar-refractivity contribution in [2.45, 2.75) is 19.4 Å². The lowest BCUT2D eigenvalue weighted by Gasteiger charge is -2.30. The Hall–Kier alpha value is -1.79. The number of piperidine rings is 1. The number of carboxylic acids is 1. The Morgan fingerprint density at radius 2 is 2.17 bits per heavy atom. The molecule has 0 spiro atoms. The predicted octanol–water partition coefficient (Wildman–Crippen LogP) is 1.93. The molecule has 0 amide bonds. The first-order chi connectivity index (χ1) is 11.5. The summed E-state index contributed by atoms with van der Waals surface area (Å²) in [5, 5.41) is 9.20. The Labute approximate surface area is 144 Å². The molecule has 2 rings (SSSR count). The number of nitrogens with zero attached hydrogens (tertiary/aromatic N) is 2. The van der Waals surface area contributed by atoms with E-state index < -0.39 is 5.97 Å². The van der Waals surface area contributed by atoms with Crippen LogP contribution in [0.4, 0.5) is 0 Å². The molecule has 24 heavy (non-hydrogen) atoms. The van der Waals surface area contributed by atoms with Gasteiger partial charge in [0.1, 0.15) is 6.61 Å². The molecular formula is C18H28N2O4. The first-order valence-corrected chi connectivity index (χ1v) is 8.39. The van der Waals surface area contributed by atoms with E-state index in [9.17, 15) is 9.90 Å². The van der Waals surface area contributed by atoms with Crippen molar-refractivity contribution in [3.63, 3.8) is 0 Å². The molecule has 0 radical (unpaired) electrons. The van der Waals surface area contributed by atoms with E-state index >= 15 is 0 Å². The number of carbonyl (C=O) groups is 1. The minimum atomic E-state index is -0.693. The van der Waals surface area contributed by atoms with Crippen LogP contribution in [0.25, 0.3) is 0 Å². The fraction of sp³-hybridized carbons (Fsp3) is 0.611. The second-order valence-corrected chi connectivity index (χ2v) is 6.55. The smallest absolute Gasteiger partial charge is 0.307 e. The van der Waals surface area contributed by atoms with Gasteiger partial charge in [0.05, 0.1) is 13.0 Å². The Balaban J connectivity index is 1.97. The third kappa shape index (κ3) is 5.39. The van der Waals surface area contributed by atoms with Crippen LogP contribution in [-0.2, 0) is 11.3 Å². The molecule has 1 aliphatic heterocycles. The van der Waals surface area contributed by atoms with Gasteiger partial charge in [-0.05, 0) is 51.2 Å². The summed E-state index contributed by atoms with van der Waals surface area (Å²) in [6.45, 7) is 3.73. The van der Waals surface area contributed by atoms with Gasteiger partial charge >= 0.3 is 5.97 Å². The number of hydrogen-bond donors (Lipinski definition) is 1. The molecule has 1 heterocycles. The maximum absolute atomic E-state index is 11.2.